The number of nitrogens with zero attached hydrogens (tertiary/aromatic N) is 2. The maximum atomic E-state index is 11.6. The number of hydrogen-bond donors (Lipinski definition) is 3. The fourth-order valence-electron chi connectivity index (χ4n) is 8.99. The van der Waals surface area contributed by atoms with Crippen molar-refractivity contribution in [2.24, 2.45) is 56.6 Å². The van der Waals surface area contributed by atoms with E-state index in [1.54, 1.807) is 0 Å². The smallest absolute Gasteiger partial charge is 0.303 e. The molecule has 0 radical (unpaired) electrons. The van der Waals surface area contributed by atoms with E-state index in [0.29, 0.717) is 41.9 Å². The van der Waals surface area contributed by atoms with Crippen molar-refractivity contribution in [3.63, 3.8) is 0 Å². The van der Waals surface area contributed by atoms with Gasteiger partial charge in [-0.1, -0.05) is 20.8 Å². The maximum Gasteiger partial charge on any atom is 0.303 e. The van der Waals surface area contributed by atoms with Crippen LogP contribution < -0.4 is 0 Å². The molecule has 30 heavy (non-hydrogen) atoms. The lowest BCUT2D eigenvalue weighted by Crippen LogP contribution is -2.63. The van der Waals surface area contributed by atoms with Crippen LogP contribution in [-0.4, -0.2) is 39.2 Å². The van der Waals surface area contributed by atoms with Gasteiger partial charge in [-0.05, 0) is 85.4 Å². The van der Waals surface area contributed by atoms with Gasteiger partial charge < -0.3 is 15.3 Å². The molecule has 0 aromatic carbocycles. The van der Waals surface area contributed by atoms with Crippen LogP contribution in [0.5, 0.6) is 0 Å². The first kappa shape index (κ1) is 20.9. The number of aliphatic hydroxyl groups is 2. The van der Waals surface area contributed by atoms with Gasteiger partial charge in [-0.2, -0.15) is 10.2 Å². The third kappa shape index (κ3) is 2.78. The first-order chi connectivity index (χ1) is 14.1. The highest BCUT2D eigenvalue weighted by molar-refractivity contribution is 5.66. The summed E-state index contributed by atoms with van der Waals surface area (Å²) < 4.78 is 0. The fraction of sp³-hybridized carbons (Fsp3) is 0.958. The molecule has 0 amide bonds. The number of carboxylic acids is 1. The molecule has 10 atom stereocenters. The predicted octanol–water partition coefficient (Wildman–Crippen LogP) is 4.25. The highest BCUT2D eigenvalue weighted by Gasteiger charge is 2.72. The van der Waals surface area contributed by atoms with E-state index in [1.807, 2.05) is 0 Å². The van der Waals surface area contributed by atoms with Crippen molar-refractivity contribution in [1.82, 2.24) is 0 Å². The molecular weight excluding hydrogens is 380 g/mol. The highest BCUT2D eigenvalue weighted by Crippen LogP contribution is 2.72. The van der Waals surface area contributed by atoms with E-state index in [-0.39, 0.29) is 35.1 Å². The summed E-state index contributed by atoms with van der Waals surface area (Å²) >= 11 is 0. The van der Waals surface area contributed by atoms with Gasteiger partial charge in [0.15, 0.2) is 5.66 Å². The zero-order valence-electron chi connectivity index (χ0n) is 18.6. The second-order valence-corrected chi connectivity index (χ2v) is 11.9. The Morgan fingerprint density at radius 2 is 1.83 bits per heavy atom. The largest absolute Gasteiger partial charge is 0.481 e. The number of carboxylic acid groups (broad SMARTS) is 1. The van der Waals surface area contributed by atoms with Crippen LogP contribution in [0.4, 0.5) is 0 Å². The Morgan fingerprint density at radius 1 is 1.10 bits per heavy atom. The van der Waals surface area contributed by atoms with Gasteiger partial charge in [0, 0.05) is 18.8 Å². The average Bonchev–Trinajstić information content (AvgIpc) is 3.35. The fourth-order valence-corrected chi connectivity index (χ4v) is 8.99. The summed E-state index contributed by atoms with van der Waals surface area (Å²) in [5.41, 5.74) is -0.313. The molecule has 6 heteroatoms. The Morgan fingerprint density at radius 3 is 2.50 bits per heavy atom. The van der Waals surface area contributed by atoms with E-state index in [2.05, 4.69) is 31.0 Å². The van der Waals surface area contributed by atoms with Crippen molar-refractivity contribution in [1.29, 1.82) is 0 Å². The van der Waals surface area contributed by atoms with Crippen molar-refractivity contribution >= 4 is 5.97 Å². The van der Waals surface area contributed by atoms with Crippen LogP contribution in [0.25, 0.3) is 0 Å². The monoisotopic (exact) mass is 418 g/mol. The normalized spacial score (nSPS) is 51.7. The Labute approximate surface area is 179 Å². The van der Waals surface area contributed by atoms with Gasteiger partial charge in [-0.15, -0.1) is 0 Å². The molecule has 3 N–H and O–H groups in total. The van der Waals surface area contributed by atoms with E-state index < -0.39 is 5.97 Å². The molecule has 0 aromatic heterocycles. The van der Waals surface area contributed by atoms with Gasteiger partial charge in [0.05, 0.1) is 12.2 Å². The number of aliphatic carboxylic acids is 1. The van der Waals surface area contributed by atoms with E-state index in [0.717, 1.165) is 44.9 Å². The molecular formula is C24H38N2O4. The van der Waals surface area contributed by atoms with Crippen molar-refractivity contribution in [3.05, 3.63) is 0 Å². The topological polar surface area (TPSA) is 102 Å². The van der Waals surface area contributed by atoms with Crippen LogP contribution in [0.1, 0.15) is 78.6 Å². The van der Waals surface area contributed by atoms with E-state index in [9.17, 15) is 15.0 Å². The van der Waals surface area contributed by atoms with E-state index in [4.69, 9.17) is 5.11 Å². The molecule has 1 heterocycles. The van der Waals surface area contributed by atoms with Gasteiger partial charge in [-0.3, -0.25) is 4.79 Å². The number of hydrogen-bond acceptors (Lipinski definition) is 5. The standard InChI is InChI=1S/C24H38N2O4/c1-13(4-7-20(29)30)16-5-6-17-21-18(11-19(28)23(16,17)3)22(2)9-8-15(27)10-14(22)12-24(21)25-26-24/h13-19,21,27-28H,4-12H2,1-3H3,(H,29,30)/t13-,14+,15-,16-,17+,18+,19+,21?,22+,23-/m1/s1. The minimum Gasteiger partial charge on any atom is -0.481 e. The summed E-state index contributed by atoms with van der Waals surface area (Å²) in [6.07, 6.45) is 6.98. The predicted molar refractivity (Wildman–Crippen MR) is 112 cm³/mol. The third-order valence-electron chi connectivity index (χ3n) is 10.7. The first-order valence-corrected chi connectivity index (χ1v) is 12.1. The molecule has 0 saturated heterocycles. The molecule has 1 unspecified atom stereocenters. The van der Waals surface area contributed by atoms with E-state index >= 15 is 0 Å². The van der Waals surface area contributed by atoms with Crippen LogP contribution in [0.2, 0.25) is 0 Å². The molecule has 4 saturated carbocycles. The van der Waals surface area contributed by atoms with Crippen LogP contribution in [0.3, 0.4) is 0 Å². The molecule has 168 valence electrons. The zero-order valence-corrected chi connectivity index (χ0v) is 18.6. The minimum atomic E-state index is -0.730. The SMILES string of the molecule is C[C@H](CCC(=O)O)[C@H]1CC[C@H]2C3[C@H](C[C@H](O)[C@]12C)[C@@]1(C)CC[C@@H](O)C[C@H]1CC31N=N1. The van der Waals surface area contributed by atoms with Gasteiger partial charge >= 0.3 is 5.97 Å². The number of fused-ring (bicyclic) bond motifs is 6. The summed E-state index contributed by atoms with van der Waals surface area (Å²) in [6, 6.07) is 0. The minimum absolute atomic E-state index is 0.151. The van der Waals surface area contributed by atoms with Crippen molar-refractivity contribution in [3.8, 4) is 0 Å². The van der Waals surface area contributed by atoms with Crippen LogP contribution in [0.15, 0.2) is 10.2 Å². The van der Waals surface area contributed by atoms with Crippen LogP contribution in [0, 0.1) is 46.3 Å². The summed E-state index contributed by atoms with van der Waals surface area (Å²) in [7, 11) is 0. The summed E-state index contributed by atoms with van der Waals surface area (Å²) in [4.78, 5) is 11.1. The summed E-state index contributed by atoms with van der Waals surface area (Å²) in [5.74, 6) is 1.53. The summed E-state index contributed by atoms with van der Waals surface area (Å²) in [5, 5.41) is 40.4. The second-order valence-electron chi connectivity index (χ2n) is 11.9. The molecule has 1 aliphatic heterocycles. The van der Waals surface area contributed by atoms with Crippen molar-refractivity contribution in [2.45, 2.75) is 96.4 Å². The number of carbonyl (C=O) groups is 1. The lowest BCUT2D eigenvalue weighted by Gasteiger charge is -2.63. The van der Waals surface area contributed by atoms with Gasteiger partial charge in [0.1, 0.15) is 0 Å². The second kappa shape index (κ2) is 6.74. The number of aliphatic hydroxyl groups excluding tert-OH is 2. The zero-order chi connectivity index (χ0) is 21.5. The van der Waals surface area contributed by atoms with Crippen molar-refractivity contribution in [2.75, 3.05) is 0 Å². The summed E-state index contributed by atoms with van der Waals surface area (Å²) in [6.45, 7) is 6.87. The molecule has 0 aromatic rings. The quantitative estimate of drug-likeness (QED) is 0.635. The molecule has 5 aliphatic rings. The Bertz CT molecular complexity index is 749. The van der Waals surface area contributed by atoms with Gasteiger partial charge in [0.2, 0.25) is 0 Å². The number of rotatable bonds is 4. The van der Waals surface area contributed by atoms with Gasteiger partial charge in [0.25, 0.3) is 0 Å². The lowest BCUT2D eigenvalue weighted by molar-refractivity contribution is -0.187. The lowest BCUT2D eigenvalue weighted by atomic mass is 9.42. The molecule has 1 spiro atoms. The maximum absolute atomic E-state index is 11.6. The highest BCUT2D eigenvalue weighted by atomic mass is 16.4. The molecule has 4 fully saturated rings. The Hall–Kier alpha value is -1.01. The van der Waals surface area contributed by atoms with Crippen LogP contribution >= 0.6 is 0 Å². The average molecular weight is 419 g/mol. The Balaban J connectivity index is 1.46. The Kier molecular flexibility index (Phi) is 4.69. The molecule has 4 aliphatic carbocycles. The molecule has 5 rings (SSSR count). The third-order valence-corrected chi connectivity index (χ3v) is 10.7. The molecule has 6 nitrogen and oxygen atoms in total. The van der Waals surface area contributed by atoms with Crippen molar-refractivity contribution < 1.29 is 20.1 Å². The van der Waals surface area contributed by atoms with Crippen LogP contribution in [-0.2, 0) is 4.79 Å². The van der Waals surface area contributed by atoms with Gasteiger partial charge in [-0.25, -0.2) is 0 Å². The first-order valence-electron chi connectivity index (χ1n) is 12.1. The molecule has 0 bridgehead atoms. The van der Waals surface area contributed by atoms with E-state index in [1.165, 1.54) is 0 Å².